The van der Waals surface area contributed by atoms with E-state index < -0.39 is 4.92 Å². The van der Waals surface area contributed by atoms with Gasteiger partial charge in [0.2, 0.25) is 0 Å². The van der Waals surface area contributed by atoms with Crippen LogP contribution in [0, 0.1) is 35.3 Å². The SMILES string of the molecule is Cc1sc2nc(/C(C#N)=C\c3ccc(Sc4nccn4C)c([N+](=O)[O-])c3)[nH]c(=O)c2c1C. The summed E-state index contributed by atoms with van der Waals surface area (Å²) < 4.78 is 1.77. The molecule has 3 aromatic heterocycles. The number of nitro benzene ring substituents is 1. The van der Waals surface area contributed by atoms with Crippen LogP contribution >= 0.6 is 23.1 Å². The molecular weight excluding hydrogens is 448 g/mol. The molecule has 0 saturated heterocycles. The van der Waals surface area contributed by atoms with E-state index in [0.717, 1.165) is 10.4 Å². The number of hydrogen-bond acceptors (Lipinski definition) is 8. The summed E-state index contributed by atoms with van der Waals surface area (Å²) in [4.78, 5) is 37.0. The second-order valence-corrected chi connectivity index (χ2v) is 9.17. The predicted octanol–water partition coefficient (Wildman–Crippen LogP) is 4.46. The number of nitrogens with zero attached hydrogens (tertiary/aromatic N) is 5. The number of thiophene rings is 1. The third-order valence-corrected chi connectivity index (χ3v) is 7.13. The second-order valence-electron chi connectivity index (χ2n) is 6.95. The van der Waals surface area contributed by atoms with Gasteiger partial charge in [-0.15, -0.1) is 11.3 Å². The van der Waals surface area contributed by atoms with Crippen LogP contribution in [0.4, 0.5) is 5.69 Å². The van der Waals surface area contributed by atoms with Crippen LogP contribution in [0.15, 0.2) is 45.4 Å². The van der Waals surface area contributed by atoms with Crippen LogP contribution in [0.3, 0.4) is 0 Å². The Kier molecular flexibility index (Phi) is 5.65. The van der Waals surface area contributed by atoms with Gasteiger partial charge in [-0.05, 0) is 48.9 Å². The van der Waals surface area contributed by atoms with Gasteiger partial charge in [-0.3, -0.25) is 14.9 Å². The van der Waals surface area contributed by atoms with Crippen molar-refractivity contribution in [2.75, 3.05) is 0 Å². The Hall–Kier alpha value is -3.75. The highest BCUT2D eigenvalue weighted by atomic mass is 32.2. The first-order chi connectivity index (χ1) is 15.3. The summed E-state index contributed by atoms with van der Waals surface area (Å²) in [5, 5.41) is 22.5. The number of nitro groups is 1. The van der Waals surface area contributed by atoms with Crippen LogP contribution in [0.1, 0.15) is 21.8 Å². The molecule has 160 valence electrons. The number of aromatic nitrogens is 4. The van der Waals surface area contributed by atoms with E-state index in [1.54, 1.807) is 36.1 Å². The van der Waals surface area contributed by atoms with Crippen molar-refractivity contribution in [1.29, 1.82) is 5.26 Å². The summed E-state index contributed by atoms with van der Waals surface area (Å²) in [5.74, 6) is 0.125. The Labute approximate surface area is 190 Å². The number of allylic oxidation sites excluding steroid dienone is 1. The zero-order valence-electron chi connectivity index (χ0n) is 17.2. The standard InChI is InChI=1S/C21H16N6O3S2/c1-11-12(2)31-20-17(11)19(28)24-18(25-20)14(10-22)8-13-4-5-16(15(9-13)27(29)30)32-21-23-6-7-26(21)3/h4-9H,1-3H3,(H,24,25,28)/b14-8-. The van der Waals surface area contributed by atoms with Crippen molar-refractivity contribution < 1.29 is 4.92 Å². The number of imidazole rings is 1. The van der Waals surface area contributed by atoms with Crippen molar-refractivity contribution in [3.63, 3.8) is 0 Å². The second kappa shape index (κ2) is 8.41. The average Bonchev–Trinajstić information content (AvgIpc) is 3.29. The van der Waals surface area contributed by atoms with Crippen molar-refractivity contribution >= 4 is 50.7 Å². The van der Waals surface area contributed by atoms with Crippen molar-refractivity contribution in [2.45, 2.75) is 23.9 Å². The molecule has 3 heterocycles. The van der Waals surface area contributed by atoms with Gasteiger partial charge >= 0.3 is 0 Å². The first-order valence-electron chi connectivity index (χ1n) is 9.34. The largest absolute Gasteiger partial charge is 0.329 e. The summed E-state index contributed by atoms with van der Waals surface area (Å²) in [6, 6.07) is 6.71. The van der Waals surface area contributed by atoms with Gasteiger partial charge in [0.15, 0.2) is 11.0 Å². The molecule has 9 nitrogen and oxygen atoms in total. The van der Waals surface area contributed by atoms with E-state index in [2.05, 4.69) is 15.0 Å². The van der Waals surface area contributed by atoms with Crippen LogP contribution in [-0.2, 0) is 7.05 Å². The summed E-state index contributed by atoms with van der Waals surface area (Å²) >= 11 is 2.56. The Morgan fingerprint density at radius 2 is 2.19 bits per heavy atom. The molecule has 0 aliphatic heterocycles. The first-order valence-corrected chi connectivity index (χ1v) is 11.0. The average molecular weight is 465 g/mol. The minimum absolute atomic E-state index is 0.103. The monoisotopic (exact) mass is 464 g/mol. The molecule has 0 radical (unpaired) electrons. The molecule has 0 amide bonds. The van der Waals surface area contributed by atoms with E-state index >= 15 is 0 Å². The van der Waals surface area contributed by atoms with Gasteiger partial charge in [-0.25, -0.2) is 9.97 Å². The Bertz CT molecular complexity index is 1510. The number of aryl methyl sites for hydroxylation is 3. The lowest BCUT2D eigenvalue weighted by Crippen LogP contribution is -2.10. The quantitative estimate of drug-likeness (QED) is 0.262. The fourth-order valence-corrected chi connectivity index (χ4v) is 5.02. The minimum Gasteiger partial charge on any atom is -0.329 e. The zero-order valence-corrected chi connectivity index (χ0v) is 18.9. The van der Waals surface area contributed by atoms with Gasteiger partial charge < -0.3 is 9.55 Å². The highest BCUT2D eigenvalue weighted by Gasteiger charge is 2.18. The molecule has 0 spiro atoms. The Morgan fingerprint density at radius 3 is 2.84 bits per heavy atom. The molecule has 11 heteroatoms. The van der Waals surface area contributed by atoms with Crippen molar-refractivity contribution in [1.82, 2.24) is 19.5 Å². The number of nitrogens with one attached hydrogen (secondary N) is 1. The number of aromatic amines is 1. The zero-order chi connectivity index (χ0) is 23.0. The number of H-pyrrole nitrogens is 1. The fourth-order valence-electron chi connectivity index (χ4n) is 3.10. The first kappa shape index (κ1) is 21.5. The van der Waals surface area contributed by atoms with E-state index in [1.165, 1.54) is 35.2 Å². The molecular formula is C21H16N6O3S2. The van der Waals surface area contributed by atoms with Gasteiger partial charge in [0.1, 0.15) is 10.9 Å². The summed E-state index contributed by atoms with van der Waals surface area (Å²) in [5.41, 5.74) is 0.987. The van der Waals surface area contributed by atoms with Crippen molar-refractivity contribution in [2.24, 2.45) is 7.05 Å². The number of benzene rings is 1. The van der Waals surface area contributed by atoms with Gasteiger partial charge in [-0.2, -0.15) is 5.26 Å². The Morgan fingerprint density at radius 1 is 1.41 bits per heavy atom. The van der Waals surface area contributed by atoms with Crippen LogP contribution in [0.5, 0.6) is 0 Å². The molecule has 1 aromatic carbocycles. The van der Waals surface area contributed by atoms with E-state index in [0.29, 0.717) is 25.8 Å². The maximum atomic E-state index is 12.5. The van der Waals surface area contributed by atoms with Crippen LogP contribution in [-0.4, -0.2) is 24.4 Å². The lowest BCUT2D eigenvalue weighted by Gasteiger charge is -2.05. The van der Waals surface area contributed by atoms with Gasteiger partial charge in [0.05, 0.1) is 20.8 Å². The fraction of sp³-hybridized carbons (Fsp3) is 0.143. The molecule has 0 fully saturated rings. The highest BCUT2D eigenvalue weighted by molar-refractivity contribution is 7.99. The molecule has 0 saturated carbocycles. The van der Waals surface area contributed by atoms with E-state index in [9.17, 15) is 20.2 Å². The van der Waals surface area contributed by atoms with Gasteiger partial charge in [-0.1, -0.05) is 6.07 Å². The summed E-state index contributed by atoms with van der Waals surface area (Å²) in [6.07, 6.45) is 4.84. The Balaban J connectivity index is 1.76. The van der Waals surface area contributed by atoms with Crippen molar-refractivity contribution in [3.8, 4) is 6.07 Å². The van der Waals surface area contributed by atoms with Crippen molar-refractivity contribution in [3.05, 3.63) is 72.9 Å². The molecule has 0 unspecified atom stereocenters. The minimum atomic E-state index is -0.474. The van der Waals surface area contributed by atoms with Crippen LogP contribution in [0.25, 0.3) is 21.9 Å². The molecule has 0 atom stereocenters. The maximum Gasteiger partial charge on any atom is 0.283 e. The number of nitriles is 1. The van der Waals surface area contributed by atoms with Crippen LogP contribution in [0.2, 0.25) is 0 Å². The van der Waals surface area contributed by atoms with E-state index in [-0.39, 0.29) is 22.6 Å². The molecule has 0 aliphatic carbocycles. The third kappa shape index (κ3) is 3.93. The summed E-state index contributed by atoms with van der Waals surface area (Å²) in [6.45, 7) is 3.76. The van der Waals surface area contributed by atoms with E-state index in [4.69, 9.17) is 0 Å². The maximum absolute atomic E-state index is 12.5. The highest BCUT2D eigenvalue weighted by Crippen LogP contribution is 2.35. The molecule has 0 aliphatic rings. The molecule has 0 bridgehead atoms. The lowest BCUT2D eigenvalue weighted by molar-refractivity contribution is -0.387. The molecule has 4 aromatic rings. The third-order valence-electron chi connectivity index (χ3n) is 4.88. The van der Waals surface area contributed by atoms with E-state index in [1.807, 2.05) is 19.9 Å². The molecule has 1 N–H and O–H groups in total. The summed E-state index contributed by atoms with van der Waals surface area (Å²) in [7, 11) is 1.80. The topological polar surface area (TPSA) is 130 Å². The van der Waals surface area contributed by atoms with Gasteiger partial charge in [0.25, 0.3) is 11.2 Å². The normalized spacial score (nSPS) is 11.6. The predicted molar refractivity (Wildman–Crippen MR) is 124 cm³/mol. The molecule has 32 heavy (non-hydrogen) atoms. The number of rotatable bonds is 5. The number of hydrogen-bond donors (Lipinski definition) is 1. The lowest BCUT2D eigenvalue weighted by atomic mass is 10.1. The van der Waals surface area contributed by atoms with Gasteiger partial charge in [0, 0.05) is 30.4 Å². The van der Waals surface area contributed by atoms with Crippen LogP contribution < -0.4 is 5.56 Å². The smallest absolute Gasteiger partial charge is 0.283 e. The molecule has 4 rings (SSSR count). The number of fused-ring (bicyclic) bond motifs is 1.